The minimum atomic E-state index is 0.134. The molecule has 0 aliphatic rings. The first-order chi connectivity index (χ1) is 15.1. The Bertz CT molecular complexity index is 778. The zero-order valence-electron chi connectivity index (χ0n) is 18.9. The van der Waals surface area contributed by atoms with Crippen LogP contribution in [0.4, 0.5) is 0 Å². The third-order valence-corrected chi connectivity index (χ3v) is 5.49. The van der Waals surface area contributed by atoms with Gasteiger partial charge >= 0.3 is 0 Å². The quantitative estimate of drug-likeness (QED) is 0.211. The molecule has 2 aromatic rings. The number of allylic oxidation sites excluding steroid dienone is 2. The Morgan fingerprint density at radius 1 is 0.581 bits per heavy atom. The first-order valence-corrected chi connectivity index (χ1v) is 11.6. The highest BCUT2D eigenvalue weighted by molar-refractivity contribution is 5.38. The van der Waals surface area contributed by atoms with Crippen molar-refractivity contribution in [3.63, 3.8) is 0 Å². The molecule has 0 heterocycles. The van der Waals surface area contributed by atoms with Gasteiger partial charge < -0.3 is 20.1 Å². The van der Waals surface area contributed by atoms with E-state index in [2.05, 4.69) is 12.2 Å². The summed E-state index contributed by atoms with van der Waals surface area (Å²) in [6.07, 6.45) is 18.3. The van der Waals surface area contributed by atoms with E-state index >= 15 is 0 Å². The van der Waals surface area contributed by atoms with Gasteiger partial charge in [-0.15, -0.1) is 0 Å². The summed E-state index contributed by atoms with van der Waals surface area (Å²) in [5.41, 5.74) is 2.13. The van der Waals surface area contributed by atoms with Crippen molar-refractivity contribution < 1.29 is 20.1 Å². The smallest absolute Gasteiger partial charge is 0.122 e. The number of aryl methyl sites for hydroxylation is 2. The van der Waals surface area contributed by atoms with Gasteiger partial charge in [0, 0.05) is 12.1 Å². The molecule has 0 saturated heterocycles. The molecular weight excluding hydrogens is 388 g/mol. The number of ether oxygens (including phenoxy) is 1. The summed E-state index contributed by atoms with van der Waals surface area (Å²) < 4.78 is 5.20. The molecule has 0 saturated carbocycles. The largest absolute Gasteiger partial charge is 0.508 e. The van der Waals surface area contributed by atoms with Crippen LogP contribution in [0, 0.1) is 0 Å². The molecule has 0 radical (unpaired) electrons. The Morgan fingerprint density at radius 3 is 1.61 bits per heavy atom. The van der Waals surface area contributed by atoms with Gasteiger partial charge in [0.2, 0.25) is 0 Å². The zero-order valence-corrected chi connectivity index (χ0v) is 18.9. The lowest BCUT2D eigenvalue weighted by Gasteiger charge is -2.06. The second-order valence-electron chi connectivity index (χ2n) is 8.27. The number of methoxy groups -OCH3 is 1. The van der Waals surface area contributed by atoms with Crippen molar-refractivity contribution in [1.29, 1.82) is 0 Å². The molecule has 0 bridgehead atoms. The minimum absolute atomic E-state index is 0.134. The van der Waals surface area contributed by atoms with Crippen LogP contribution in [0.1, 0.15) is 75.3 Å². The second-order valence-corrected chi connectivity index (χ2v) is 8.27. The Hall–Kier alpha value is -2.62. The van der Waals surface area contributed by atoms with Crippen LogP contribution in [0.3, 0.4) is 0 Å². The van der Waals surface area contributed by atoms with Crippen molar-refractivity contribution in [1.82, 2.24) is 0 Å². The van der Waals surface area contributed by atoms with Gasteiger partial charge in [-0.25, -0.2) is 0 Å². The van der Waals surface area contributed by atoms with E-state index in [9.17, 15) is 15.3 Å². The Kier molecular flexibility index (Phi) is 11.4. The lowest BCUT2D eigenvalue weighted by atomic mass is 10.0. The summed E-state index contributed by atoms with van der Waals surface area (Å²) in [5, 5.41) is 28.7. The molecule has 3 N–H and O–H groups in total. The van der Waals surface area contributed by atoms with E-state index in [0.29, 0.717) is 0 Å². The van der Waals surface area contributed by atoms with Crippen LogP contribution in [-0.2, 0) is 12.8 Å². The molecule has 0 spiro atoms. The fraction of sp³-hybridized carbons (Fsp3) is 0.481. The Balaban J connectivity index is 1.41. The third kappa shape index (κ3) is 10.8. The molecule has 4 nitrogen and oxygen atoms in total. The number of aromatic hydroxyl groups is 3. The maximum atomic E-state index is 9.69. The van der Waals surface area contributed by atoms with Gasteiger partial charge in [0.15, 0.2) is 0 Å². The number of unbranched alkanes of at least 4 members (excludes halogenated alkanes) is 8. The van der Waals surface area contributed by atoms with Crippen LogP contribution in [0.5, 0.6) is 23.0 Å². The van der Waals surface area contributed by atoms with Gasteiger partial charge in [-0.05, 0) is 86.8 Å². The third-order valence-electron chi connectivity index (χ3n) is 5.49. The molecule has 0 atom stereocenters. The number of phenols is 3. The summed E-state index contributed by atoms with van der Waals surface area (Å²) in [4.78, 5) is 0. The predicted octanol–water partition coefficient (Wildman–Crippen LogP) is 7.05. The van der Waals surface area contributed by atoms with E-state index in [4.69, 9.17) is 4.74 Å². The van der Waals surface area contributed by atoms with Gasteiger partial charge in [0.1, 0.15) is 23.0 Å². The molecule has 0 aliphatic carbocycles. The lowest BCUT2D eigenvalue weighted by Crippen LogP contribution is -1.89. The van der Waals surface area contributed by atoms with Crippen molar-refractivity contribution in [3.8, 4) is 23.0 Å². The van der Waals surface area contributed by atoms with E-state index in [1.807, 2.05) is 12.1 Å². The second kappa shape index (κ2) is 14.4. The maximum Gasteiger partial charge on any atom is 0.122 e. The van der Waals surface area contributed by atoms with Gasteiger partial charge in [-0.2, -0.15) is 0 Å². The topological polar surface area (TPSA) is 69.9 Å². The van der Waals surface area contributed by atoms with E-state index in [1.54, 1.807) is 25.3 Å². The van der Waals surface area contributed by atoms with Crippen molar-refractivity contribution in [2.24, 2.45) is 0 Å². The summed E-state index contributed by atoms with van der Waals surface area (Å²) in [5.74, 6) is 1.27. The molecule has 0 aliphatic heterocycles. The number of hydrogen-bond donors (Lipinski definition) is 3. The zero-order chi connectivity index (χ0) is 22.3. The summed E-state index contributed by atoms with van der Waals surface area (Å²) in [6, 6.07) is 10.3. The Labute approximate surface area is 187 Å². The highest BCUT2D eigenvalue weighted by Crippen LogP contribution is 2.23. The first-order valence-electron chi connectivity index (χ1n) is 11.6. The number of phenolic OH excluding ortho intramolecular Hbond substituents is 3. The minimum Gasteiger partial charge on any atom is -0.508 e. The molecule has 0 unspecified atom stereocenters. The average Bonchev–Trinajstić information content (AvgIpc) is 2.73. The summed E-state index contributed by atoms with van der Waals surface area (Å²) >= 11 is 0. The van der Waals surface area contributed by atoms with Crippen LogP contribution in [0.25, 0.3) is 0 Å². The van der Waals surface area contributed by atoms with Crippen LogP contribution in [0.2, 0.25) is 0 Å². The van der Waals surface area contributed by atoms with E-state index in [-0.39, 0.29) is 17.2 Å². The lowest BCUT2D eigenvalue weighted by molar-refractivity contribution is 0.406. The number of rotatable bonds is 15. The molecule has 0 aromatic heterocycles. The first kappa shape index (κ1) is 24.6. The van der Waals surface area contributed by atoms with Crippen LogP contribution < -0.4 is 4.74 Å². The molecular formula is C27H38O4. The summed E-state index contributed by atoms with van der Waals surface area (Å²) in [7, 11) is 1.62. The normalized spacial score (nSPS) is 11.3. The fourth-order valence-electron chi connectivity index (χ4n) is 3.83. The molecule has 2 rings (SSSR count). The van der Waals surface area contributed by atoms with Crippen molar-refractivity contribution >= 4 is 0 Å². The highest BCUT2D eigenvalue weighted by atomic mass is 16.5. The van der Waals surface area contributed by atoms with Crippen molar-refractivity contribution in [3.05, 3.63) is 59.7 Å². The van der Waals surface area contributed by atoms with Gasteiger partial charge in [-0.1, -0.05) is 37.8 Å². The Morgan fingerprint density at radius 2 is 1.03 bits per heavy atom. The van der Waals surface area contributed by atoms with E-state index in [0.717, 1.165) is 61.8 Å². The molecule has 2 aromatic carbocycles. The highest BCUT2D eigenvalue weighted by Gasteiger charge is 2.01. The molecule has 31 heavy (non-hydrogen) atoms. The van der Waals surface area contributed by atoms with E-state index in [1.165, 1.54) is 38.2 Å². The number of hydrogen-bond acceptors (Lipinski definition) is 4. The van der Waals surface area contributed by atoms with Crippen molar-refractivity contribution in [2.45, 2.75) is 77.0 Å². The van der Waals surface area contributed by atoms with Crippen LogP contribution in [-0.4, -0.2) is 22.4 Å². The summed E-state index contributed by atoms with van der Waals surface area (Å²) in [6.45, 7) is 0. The van der Waals surface area contributed by atoms with Gasteiger partial charge in [0.25, 0.3) is 0 Å². The number of benzene rings is 2. The van der Waals surface area contributed by atoms with Gasteiger partial charge in [0.05, 0.1) is 7.11 Å². The SMILES string of the molecule is COc1cc(O)cc(CCCCCCC/C=C\CCCCCc2cc(O)cc(O)c2)c1. The molecule has 170 valence electrons. The fourth-order valence-corrected chi connectivity index (χ4v) is 3.83. The predicted molar refractivity (Wildman–Crippen MR) is 127 cm³/mol. The monoisotopic (exact) mass is 426 g/mol. The van der Waals surface area contributed by atoms with Crippen LogP contribution >= 0.6 is 0 Å². The molecule has 4 heteroatoms. The van der Waals surface area contributed by atoms with E-state index < -0.39 is 0 Å². The van der Waals surface area contributed by atoms with Crippen molar-refractivity contribution in [2.75, 3.05) is 7.11 Å². The maximum absolute atomic E-state index is 9.69. The standard InChI is InChI=1S/C27H38O4/c1-31-27-19-23(18-26(30)21-27)15-13-11-9-7-5-3-2-4-6-8-10-12-14-22-16-24(28)20-25(29)17-22/h2,4,16-21,28-30H,3,5-15H2,1H3/b4-2-. The molecule has 0 amide bonds. The van der Waals surface area contributed by atoms with Crippen LogP contribution in [0.15, 0.2) is 48.6 Å². The van der Waals surface area contributed by atoms with Gasteiger partial charge in [-0.3, -0.25) is 0 Å². The average molecular weight is 427 g/mol. The molecule has 0 fully saturated rings.